The van der Waals surface area contributed by atoms with Crippen LogP contribution in [0.2, 0.25) is 0 Å². The quantitative estimate of drug-likeness (QED) is 0.431. The molecule has 1 aliphatic rings. The minimum Gasteiger partial charge on any atom is -0.462 e. The fourth-order valence-corrected chi connectivity index (χ4v) is 4.74. The Hall–Kier alpha value is -2.95. The molecule has 3 aromatic rings. The maximum Gasteiger partial charge on any atom is 0.347 e. The highest BCUT2D eigenvalue weighted by Crippen LogP contribution is 2.32. The van der Waals surface area contributed by atoms with Gasteiger partial charge in [0.05, 0.1) is 33.3 Å². The highest BCUT2D eigenvalue weighted by molar-refractivity contribution is 5.85. The number of hydrogen-bond acceptors (Lipinski definition) is 3. The van der Waals surface area contributed by atoms with Crippen molar-refractivity contribution in [3.63, 3.8) is 0 Å². The number of likely N-dealkylation sites (tertiary alicyclic amines) is 1. The van der Waals surface area contributed by atoms with Gasteiger partial charge < -0.3 is 14.3 Å². The maximum atomic E-state index is 13.2. The van der Waals surface area contributed by atoms with Gasteiger partial charge in [0.25, 0.3) is 0 Å². The third-order valence-corrected chi connectivity index (χ3v) is 6.69. The smallest absolute Gasteiger partial charge is 0.347 e. The van der Waals surface area contributed by atoms with Crippen molar-refractivity contribution >= 4 is 5.97 Å². The molecule has 1 fully saturated rings. The number of carbonyl (C=O) groups excluding carboxylic acids is 1. The van der Waals surface area contributed by atoms with Gasteiger partial charge in [-0.3, -0.25) is 0 Å². The Kier molecular flexibility index (Phi) is 6.73. The topological polar surface area (TPSA) is 46.5 Å². The third-order valence-electron chi connectivity index (χ3n) is 6.69. The zero-order chi connectivity index (χ0) is 22.4. The summed E-state index contributed by atoms with van der Waals surface area (Å²) < 4.78 is 6.74. The second-order valence-corrected chi connectivity index (χ2v) is 9.18. The largest absolute Gasteiger partial charge is 0.462 e. The molecular weight excluding hydrogens is 398 g/mol. The average Bonchev–Trinajstić information content (AvgIpc) is 3.23. The summed E-state index contributed by atoms with van der Waals surface area (Å²) in [6, 6.07) is 28.7. The summed E-state index contributed by atoms with van der Waals surface area (Å²) in [6.07, 6.45) is 2.07. The van der Waals surface area contributed by atoms with Crippen LogP contribution in [0.4, 0.5) is 0 Å². The Morgan fingerprint density at radius 2 is 1.47 bits per heavy atom. The predicted octanol–water partition coefficient (Wildman–Crippen LogP) is 4.17. The van der Waals surface area contributed by atoms with Crippen molar-refractivity contribution in [3.8, 4) is 0 Å². The zero-order valence-electron chi connectivity index (χ0n) is 18.7. The van der Waals surface area contributed by atoms with E-state index in [0.717, 1.165) is 37.0 Å². The van der Waals surface area contributed by atoms with E-state index in [2.05, 4.69) is 31.3 Å². The van der Waals surface area contributed by atoms with Gasteiger partial charge in [-0.1, -0.05) is 91.0 Å². The van der Waals surface area contributed by atoms with Crippen LogP contribution in [0.5, 0.6) is 0 Å². The van der Waals surface area contributed by atoms with Crippen molar-refractivity contribution in [3.05, 3.63) is 108 Å². The zero-order valence-corrected chi connectivity index (χ0v) is 18.7. The van der Waals surface area contributed by atoms with Crippen LogP contribution in [-0.4, -0.2) is 48.8 Å². The fourth-order valence-electron chi connectivity index (χ4n) is 4.74. The van der Waals surface area contributed by atoms with Gasteiger partial charge in [-0.2, -0.15) is 0 Å². The van der Waals surface area contributed by atoms with Crippen LogP contribution in [-0.2, 0) is 21.6 Å². The van der Waals surface area contributed by atoms with E-state index in [1.165, 1.54) is 5.56 Å². The van der Waals surface area contributed by atoms with Crippen molar-refractivity contribution in [1.29, 1.82) is 0 Å². The van der Waals surface area contributed by atoms with E-state index in [-0.39, 0.29) is 0 Å². The van der Waals surface area contributed by atoms with Gasteiger partial charge in [-0.25, -0.2) is 4.79 Å². The van der Waals surface area contributed by atoms with Crippen LogP contribution >= 0.6 is 0 Å². The third kappa shape index (κ3) is 4.93. The fraction of sp³-hybridized carbons (Fsp3) is 0.321. The molecule has 1 heterocycles. The second kappa shape index (κ2) is 9.68. The van der Waals surface area contributed by atoms with Crippen LogP contribution in [0.1, 0.15) is 23.1 Å². The molecule has 0 spiro atoms. The number of nitrogens with zero attached hydrogens (tertiary/aromatic N) is 1. The standard InChI is InChI=1S/C28H32NO3/c1-29(19-17-23-11-5-2-6-12-23)20-18-24(21-29)22-32-27(30)28(31,25-13-7-3-8-14-25)26-15-9-4-10-16-26/h2-16,24,31H,17-22H2,1H3/q+1/t24-,29?/m0/s1. The first-order valence-corrected chi connectivity index (χ1v) is 11.4. The molecule has 166 valence electrons. The summed E-state index contributed by atoms with van der Waals surface area (Å²) in [7, 11) is 2.29. The van der Waals surface area contributed by atoms with Crippen LogP contribution in [0.3, 0.4) is 0 Å². The molecule has 3 aromatic carbocycles. The summed E-state index contributed by atoms with van der Waals surface area (Å²) in [4.78, 5) is 13.2. The second-order valence-electron chi connectivity index (χ2n) is 9.18. The molecule has 0 radical (unpaired) electrons. The molecule has 0 saturated carbocycles. The lowest BCUT2D eigenvalue weighted by atomic mass is 9.86. The molecule has 4 heteroatoms. The van der Waals surface area contributed by atoms with Gasteiger partial charge in [-0.05, 0) is 16.7 Å². The van der Waals surface area contributed by atoms with Gasteiger partial charge in [0, 0.05) is 18.8 Å². The first-order chi connectivity index (χ1) is 15.5. The van der Waals surface area contributed by atoms with Crippen LogP contribution in [0, 0.1) is 5.92 Å². The molecule has 1 aliphatic heterocycles. The first kappa shape index (κ1) is 22.3. The number of rotatable bonds is 8. The van der Waals surface area contributed by atoms with Gasteiger partial charge >= 0.3 is 5.97 Å². The molecule has 1 N–H and O–H groups in total. The van der Waals surface area contributed by atoms with Crippen LogP contribution < -0.4 is 0 Å². The summed E-state index contributed by atoms with van der Waals surface area (Å²) >= 11 is 0. The molecule has 2 atom stereocenters. The van der Waals surface area contributed by atoms with E-state index in [9.17, 15) is 9.90 Å². The minimum absolute atomic E-state index is 0.301. The van der Waals surface area contributed by atoms with E-state index < -0.39 is 11.6 Å². The summed E-state index contributed by atoms with van der Waals surface area (Å²) in [5.41, 5.74) is 0.585. The van der Waals surface area contributed by atoms with Crippen LogP contribution in [0.15, 0.2) is 91.0 Å². The number of likely N-dealkylation sites (N-methyl/N-ethyl adjacent to an activating group) is 1. The lowest BCUT2D eigenvalue weighted by Gasteiger charge is -2.30. The van der Waals surface area contributed by atoms with E-state index in [0.29, 0.717) is 23.7 Å². The molecule has 1 unspecified atom stereocenters. The number of quaternary nitrogens is 1. The molecule has 32 heavy (non-hydrogen) atoms. The van der Waals surface area contributed by atoms with E-state index in [4.69, 9.17) is 4.74 Å². The van der Waals surface area contributed by atoms with Gasteiger partial charge in [0.15, 0.2) is 0 Å². The van der Waals surface area contributed by atoms with Crippen molar-refractivity contribution in [2.24, 2.45) is 5.92 Å². The first-order valence-electron chi connectivity index (χ1n) is 11.4. The molecule has 4 nitrogen and oxygen atoms in total. The molecule has 1 saturated heterocycles. The Bertz CT molecular complexity index is 967. The molecular formula is C28H32NO3+. The normalized spacial score (nSPS) is 20.8. The van der Waals surface area contributed by atoms with Crippen molar-refractivity contribution in [2.45, 2.75) is 18.4 Å². The van der Waals surface area contributed by atoms with Gasteiger partial charge in [0.1, 0.15) is 0 Å². The van der Waals surface area contributed by atoms with Gasteiger partial charge in [-0.15, -0.1) is 0 Å². The number of esters is 1. The predicted molar refractivity (Wildman–Crippen MR) is 126 cm³/mol. The summed E-state index contributed by atoms with van der Waals surface area (Å²) in [5.74, 6) is -0.309. The number of aliphatic hydroxyl groups is 1. The Morgan fingerprint density at radius 1 is 0.938 bits per heavy atom. The Balaban J connectivity index is 1.40. The van der Waals surface area contributed by atoms with Crippen molar-refractivity contribution in [2.75, 3.05) is 33.3 Å². The number of benzene rings is 3. The highest BCUT2D eigenvalue weighted by atomic mass is 16.5. The summed E-state index contributed by atoms with van der Waals surface area (Å²) in [6.45, 7) is 3.47. The molecule has 0 aromatic heterocycles. The average molecular weight is 431 g/mol. The summed E-state index contributed by atoms with van der Waals surface area (Å²) in [5, 5.41) is 11.5. The molecule has 0 amide bonds. The lowest BCUT2D eigenvalue weighted by molar-refractivity contribution is -0.898. The number of hydrogen-bond donors (Lipinski definition) is 1. The van der Waals surface area contributed by atoms with Crippen LogP contribution in [0.25, 0.3) is 0 Å². The maximum absolute atomic E-state index is 13.2. The van der Waals surface area contributed by atoms with E-state index in [1.54, 1.807) is 24.3 Å². The van der Waals surface area contributed by atoms with Crippen molar-refractivity contribution < 1.29 is 19.1 Å². The monoisotopic (exact) mass is 430 g/mol. The molecule has 0 bridgehead atoms. The Labute approximate surface area is 190 Å². The van der Waals surface area contributed by atoms with E-state index in [1.807, 2.05) is 42.5 Å². The number of carbonyl (C=O) groups is 1. The Morgan fingerprint density at radius 3 is 2.03 bits per heavy atom. The minimum atomic E-state index is -1.81. The van der Waals surface area contributed by atoms with E-state index >= 15 is 0 Å². The van der Waals surface area contributed by atoms with Gasteiger partial charge in [0.2, 0.25) is 5.60 Å². The molecule has 4 rings (SSSR count). The van der Waals surface area contributed by atoms with Crippen molar-refractivity contribution in [1.82, 2.24) is 0 Å². The lowest BCUT2D eigenvalue weighted by Crippen LogP contribution is -2.44. The highest BCUT2D eigenvalue weighted by Gasteiger charge is 2.43. The molecule has 0 aliphatic carbocycles. The number of ether oxygens (including phenoxy) is 1. The SMILES string of the molecule is C[N+]1(CCc2ccccc2)CC[C@H](COC(=O)C(O)(c2ccccc2)c2ccccc2)C1.